The summed E-state index contributed by atoms with van der Waals surface area (Å²) in [6.07, 6.45) is 0. The van der Waals surface area contributed by atoms with Gasteiger partial charge >= 0.3 is 0 Å². The largest absolute Gasteiger partial charge is 0.454 e. The summed E-state index contributed by atoms with van der Waals surface area (Å²) in [5.41, 5.74) is 6.42. The van der Waals surface area contributed by atoms with Crippen molar-refractivity contribution in [1.29, 1.82) is 0 Å². The molecule has 1 atom stereocenters. The van der Waals surface area contributed by atoms with Crippen LogP contribution in [0, 0.1) is 5.92 Å². The van der Waals surface area contributed by atoms with Crippen molar-refractivity contribution >= 4 is 11.6 Å². The molecule has 92 valence electrons. The number of nitrogens with two attached hydrogens (primary N) is 1. The van der Waals surface area contributed by atoms with Crippen LogP contribution in [0.3, 0.4) is 0 Å². The van der Waals surface area contributed by atoms with E-state index in [4.69, 9.17) is 15.2 Å². The lowest BCUT2D eigenvalue weighted by atomic mass is 10.0. The van der Waals surface area contributed by atoms with Crippen LogP contribution in [0.2, 0.25) is 0 Å². The van der Waals surface area contributed by atoms with Gasteiger partial charge in [-0.05, 0) is 18.1 Å². The Hall–Kier alpha value is -1.75. The minimum absolute atomic E-state index is 0.101. The molecule has 0 bridgehead atoms. The standard InChI is InChI=1S/C12H16N2O3/c1-7(2)11(13)12(15)14-8-3-4-9-10(5-8)17-6-16-9/h3-5,7,11H,6,13H2,1-2H3,(H,14,15)/t11-/m1/s1. The van der Waals surface area contributed by atoms with Gasteiger partial charge in [0.1, 0.15) is 0 Å². The molecule has 1 aliphatic heterocycles. The lowest BCUT2D eigenvalue weighted by molar-refractivity contribution is -0.118. The van der Waals surface area contributed by atoms with Crippen LogP contribution in [0.5, 0.6) is 11.5 Å². The highest BCUT2D eigenvalue weighted by molar-refractivity contribution is 5.95. The number of nitrogens with one attached hydrogen (secondary N) is 1. The van der Waals surface area contributed by atoms with Gasteiger partial charge in [-0.3, -0.25) is 4.79 Å². The first-order chi connectivity index (χ1) is 8.08. The van der Waals surface area contributed by atoms with Crippen molar-refractivity contribution in [3.63, 3.8) is 0 Å². The molecule has 1 amide bonds. The zero-order valence-corrected chi connectivity index (χ0v) is 9.90. The van der Waals surface area contributed by atoms with Crippen molar-refractivity contribution in [2.24, 2.45) is 11.7 Å². The Kier molecular flexibility index (Phi) is 3.19. The molecule has 0 aliphatic carbocycles. The number of rotatable bonds is 3. The van der Waals surface area contributed by atoms with Crippen LogP contribution in [0.1, 0.15) is 13.8 Å². The normalized spacial score (nSPS) is 14.8. The lowest BCUT2D eigenvalue weighted by Crippen LogP contribution is -2.39. The molecule has 0 saturated heterocycles. The van der Waals surface area contributed by atoms with Crippen molar-refractivity contribution in [1.82, 2.24) is 0 Å². The molecule has 17 heavy (non-hydrogen) atoms. The van der Waals surface area contributed by atoms with Gasteiger partial charge in [-0.1, -0.05) is 13.8 Å². The second-order valence-corrected chi connectivity index (χ2v) is 4.33. The van der Waals surface area contributed by atoms with Crippen LogP contribution in [0.25, 0.3) is 0 Å². The van der Waals surface area contributed by atoms with Gasteiger partial charge in [-0.2, -0.15) is 0 Å². The highest BCUT2D eigenvalue weighted by Crippen LogP contribution is 2.34. The number of amides is 1. The fourth-order valence-corrected chi connectivity index (χ4v) is 1.50. The summed E-state index contributed by atoms with van der Waals surface area (Å²) >= 11 is 0. The second-order valence-electron chi connectivity index (χ2n) is 4.33. The monoisotopic (exact) mass is 236 g/mol. The van der Waals surface area contributed by atoms with E-state index in [9.17, 15) is 4.79 Å². The molecule has 1 heterocycles. The number of hydrogen-bond donors (Lipinski definition) is 2. The van der Waals surface area contributed by atoms with Crippen molar-refractivity contribution in [2.75, 3.05) is 12.1 Å². The van der Waals surface area contributed by atoms with Crippen molar-refractivity contribution in [2.45, 2.75) is 19.9 Å². The topological polar surface area (TPSA) is 73.6 Å². The highest BCUT2D eigenvalue weighted by Gasteiger charge is 2.19. The molecule has 1 aliphatic rings. The summed E-state index contributed by atoms with van der Waals surface area (Å²) < 4.78 is 10.4. The van der Waals surface area contributed by atoms with Gasteiger partial charge in [-0.25, -0.2) is 0 Å². The number of carbonyl (C=O) groups is 1. The fraction of sp³-hybridized carbons (Fsp3) is 0.417. The molecule has 2 rings (SSSR count). The van der Waals surface area contributed by atoms with Gasteiger partial charge in [0.05, 0.1) is 6.04 Å². The van der Waals surface area contributed by atoms with E-state index in [0.29, 0.717) is 17.2 Å². The second kappa shape index (κ2) is 4.63. The molecule has 0 spiro atoms. The van der Waals surface area contributed by atoms with Gasteiger partial charge in [-0.15, -0.1) is 0 Å². The molecular formula is C12H16N2O3. The van der Waals surface area contributed by atoms with E-state index in [1.54, 1.807) is 18.2 Å². The SMILES string of the molecule is CC(C)[C@@H](N)C(=O)Nc1ccc2c(c1)OCO2. The molecule has 3 N–H and O–H groups in total. The van der Waals surface area contributed by atoms with E-state index in [-0.39, 0.29) is 18.6 Å². The predicted octanol–water partition coefficient (Wildman–Crippen LogP) is 1.34. The van der Waals surface area contributed by atoms with Crippen LogP contribution in [-0.4, -0.2) is 18.7 Å². The first kappa shape index (κ1) is 11.7. The zero-order chi connectivity index (χ0) is 12.4. The van der Waals surface area contributed by atoms with Crippen LogP contribution in [-0.2, 0) is 4.79 Å². The molecule has 0 aromatic heterocycles. The van der Waals surface area contributed by atoms with Gasteiger partial charge in [0.25, 0.3) is 0 Å². The number of hydrogen-bond acceptors (Lipinski definition) is 4. The maximum absolute atomic E-state index is 11.7. The average Bonchev–Trinajstić information content (AvgIpc) is 2.74. The minimum atomic E-state index is -0.513. The van der Waals surface area contributed by atoms with Gasteiger partial charge in [0.2, 0.25) is 12.7 Å². The van der Waals surface area contributed by atoms with Crippen molar-refractivity contribution in [3.05, 3.63) is 18.2 Å². The molecule has 5 heteroatoms. The Morgan fingerprint density at radius 1 is 1.35 bits per heavy atom. The van der Waals surface area contributed by atoms with E-state index >= 15 is 0 Å². The van der Waals surface area contributed by atoms with Gasteiger partial charge in [0.15, 0.2) is 11.5 Å². The maximum atomic E-state index is 11.7. The Balaban J connectivity index is 2.07. The summed E-state index contributed by atoms with van der Waals surface area (Å²) in [7, 11) is 0. The molecule has 0 saturated carbocycles. The Morgan fingerprint density at radius 3 is 2.76 bits per heavy atom. The summed E-state index contributed by atoms with van der Waals surface area (Å²) in [6, 6.07) is 4.74. The Labute approximate surface area is 99.9 Å². The van der Waals surface area contributed by atoms with E-state index in [1.165, 1.54) is 0 Å². The van der Waals surface area contributed by atoms with Gasteiger partial charge in [0, 0.05) is 11.8 Å². The number of ether oxygens (including phenoxy) is 2. The van der Waals surface area contributed by atoms with Crippen molar-refractivity contribution in [3.8, 4) is 11.5 Å². The molecule has 0 unspecified atom stereocenters. The number of fused-ring (bicyclic) bond motifs is 1. The molecule has 0 fully saturated rings. The first-order valence-corrected chi connectivity index (χ1v) is 5.54. The van der Waals surface area contributed by atoms with Crippen LogP contribution in [0.15, 0.2) is 18.2 Å². The predicted molar refractivity (Wildman–Crippen MR) is 64.0 cm³/mol. The Morgan fingerprint density at radius 2 is 2.06 bits per heavy atom. The zero-order valence-electron chi connectivity index (χ0n) is 9.90. The summed E-state index contributed by atoms with van der Waals surface area (Å²) in [5.74, 6) is 1.24. The minimum Gasteiger partial charge on any atom is -0.454 e. The fourth-order valence-electron chi connectivity index (χ4n) is 1.50. The average molecular weight is 236 g/mol. The summed E-state index contributed by atoms with van der Waals surface area (Å²) in [4.78, 5) is 11.7. The molecule has 1 aromatic rings. The van der Waals surface area contributed by atoms with E-state index in [0.717, 1.165) is 0 Å². The van der Waals surface area contributed by atoms with E-state index in [1.807, 2.05) is 13.8 Å². The third kappa shape index (κ3) is 2.50. The summed E-state index contributed by atoms with van der Waals surface area (Å²) in [5, 5.41) is 2.75. The highest BCUT2D eigenvalue weighted by atomic mass is 16.7. The van der Waals surface area contributed by atoms with Crippen molar-refractivity contribution < 1.29 is 14.3 Å². The lowest BCUT2D eigenvalue weighted by Gasteiger charge is -2.15. The van der Waals surface area contributed by atoms with Crippen LogP contribution >= 0.6 is 0 Å². The maximum Gasteiger partial charge on any atom is 0.241 e. The van der Waals surface area contributed by atoms with Crippen LogP contribution < -0.4 is 20.5 Å². The van der Waals surface area contributed by atoms with E-state index in [2.05, 4.69) is 5.32 Å². The van der Waals surface area contributed by atoms with E-state index < -0.39 is 6.04 Å². The molecule has 0 radical (unpaired) electrons. The molecule has 1 aromatic carbocycles. The first-order valence-electron chi connectivity index (χ1n) is 5.54. The third-order valence-corrected chi connectivity index (χ3v) is 2.66. The third-order valence-electron chi connectivity index (χ3n) is 2.66. The smallest absolute Gasteiger partial charge is 0.241 e. The number of carbonyl (C=O) groups excluding carboxylic acids is 1. The quantitative estimate of drug-likeness (QED) is 0.830. The Bertz CT molecular complexity index is 432. The molecule has 5 nitrogen and oxygen atoms in total. The van der Waals surface area contributed by atoms with Crippen LogP contribution in [0.4, 0.5) is 5.69 Å². The molecular weight excluding hydrogens is 220 g/mol. The summed E-state index contributed by atoms with van der Waals surface area (Å²) in [6.45, 7) is 4.03. The van der Waals surface area contributed by atoms with Gasteiger partial charge < -0.3 is 20.5 Å². The number of benzene rings is 1. The number of anilines is 1.